The maximum Gasteiger partial charge on any atom is 0.237 e. The van der Waals surface area contributed by atoms with E-state index < -0.39 is 0 Å². The number of hydrogen-bond donors (Lipinski definition) is 1. The molecular formula is C15H27N3O. The lowest BCUT2D eigenvalue weighted by atomic mass is 9.85. The molecule has 1 aliphatic heterocycles. The first kappa shape index (κ1) is 13.4. The first-order valence-corrected chi connectivity index (χ1v) is 7.99. The lowest BCUT2D eigenvalue weighted by molar-refractivity contribution is -0.126. The maximum atomic E-state index is 12.0. The SMILES string of the molecule is C[C@@H](C(=O)NC1CC1)N1CCN(CC2CCC2)CC1. The zero-order valence-electron chi connectivity index (χ0n) is 12.1. The predicted octanol–water partition coefficient (Wildman–Crippen LogP) is 1.07. The largest absolute Gasteiger partial charge is 0.352 e. The van der Waals surface area contributed by atoms with Crippen LogP contribution in [0.1, 0.15) is 39.0 Å². The quantitative estimate of drug-likeness (QED) is 0.808. The molecule has 0 aromatic heterocycles. The van der Waals surface area contributed by atoms with Crippen LogP contribution in [0.15, 0.2) is 0 Å². The molecule has 1 amide bonds. The summed E-state index contributed by atoms with van der Waals surface area (Å²) in [5.41, 5.74) is 0. The van der Waals surface area contributed by atoms with Gasteiger partial charge in [-0.1, -0.05) is 6.42 Å². The molecule has 108 valence electrons. The van der Waals surface area contributed by atoms with Gasteiger partial charge in [0.25, 0.3) is 0 Å². The van der Waals surface area contributed by atoms with Crippen LogP contribution >= 0.6 is 0 Å². The Kier molecular flexibility index (Phi) is 4.08. The van der Waals surface area contributed by atoms with Crippen molar-refractivity contribution >= 4 is 5.91 Å². The molecule has 4 nitrogen and oxygen atoms in total. The van der Waals surface area contributed by atoms with Crippen molar-refractivity contribution in [2.45, 2.75) is 51.1 Å². The average molecular weight is 265 g/mol. The summed E-state index contributed by atoms with van der Waals surface area (Å²) in [5, 5.41) is 3.12. The minimum Gasteiger partial charge on any atom is -0.352 e. The molecule has 0 bridgehead atoms. The topological polar surface area (TPSA) is 35.6 Å². The van der Waals surface area contributed by atoms with Crippen LogP contribution in [0, 0.1) is 5.92 Å². The van der Waals surface area contributed by atoms with Crippen LogP contribution in [-0.4, -0.2) is 60.5 Å². The lowest BCUT2D eigenvalue weighted by Gasteiger charge is -2.40. The highest BCUT2D eigenvalue weighted by molar-refractivity contribution is 5.81. The Bertz CT molecular complexity index is 317. The Balaban J connectivity index is 1.39. The molecule has 0 aromatic carbocycles. The highest BCUT2D eigenvalue weighted by atomic mass is 16.2. The zero-order valence-corrected chi connectivity index (χ0v) is 12.1. The Morgan fingerprint density at radius 3 is 2.37 bits per heavy atom. The van der Waals surface area contributed by atoms with Crippen LogP contribution in [0.3, 0.4) is 0 Å². The van der Waals surface area contributed by atoms with Gasteiger partial charge in [0.1, 0.15) is 0 Å². The predicted molar refractivity (Wildman–Crippen MR) is 76.0 cm³/mol. The summed E-state index contributed by atoms with van der Waals surface area (Å²) >= 11 is 0. The molecule has 3 aliphatic rings. The first-order chi connectivity index (χ1) is 9.22. The van der Waals surface area contributed by atoms with Crippen molar-refractivity contribution < 1.29 is 4.79 Å². The van der Waals surface area contributed by atoms with E-state index in [-0.39, 0.29) is 11.9 Å². The molecule has 4 heteroatoms. The number of carbonyl (C=O) groups excluding carboxylic acids is 1. The second-order valence-corrected chi connectivity index (χ2v) is 6.59. The third-order valence-corrected chi connectivity index (χ3v) is 5.00. The van der Waals surface area contributed by atoms with Crippen LogP contribution in [0.25, 0.3) is 0 Å². The van der Waals surface area contributed by atoms with Gasteiger partial charge in [0.2, 0.25) is 5.91 Å². The molecule has 1 N–H and O–H groups in total. The van der Waals surface area contributed by atoms with Gasteiger partial charge in [0, 0.05) is 38.8 Å². The standard InChI is InChI=1S/C15H27N3O/c1-12(15(19)16-14-5-6-14)18-9-7-17(8-10-18)11-13-3-2-4-13/h12-14H,2-11H2,1H3,(H,16,19)/t12-/m0/s1. The van der Waals surface area contributed by atoms with Gasteiger partial charge in [-0.25, -0.2) is 0 Å². The third-order valence-electron chi connectivity index (χ3n) is 5.00. The fraction of sp³-hybridized carbons (Fsp3) is 0.933. The molecule has 2 aliphatic carbocycles. The van der Waals surface area contributed by atoms with Crippen molar-refractivity contribution in [3.8, 4) is 0 Å². The molecule has 19 heavy (non-hydrogen) atoms. The molecule has 2 saturated carbocycles. The Morgan fingerprint density at radius 2 is 1.84 bits per heavy atom. The van der Waals surface area contributed by atoms with Crippen LogP contribution in [0.2, 0.25) is 0 Å². The van der Waals surface area contributed by atoms with E-state index in [4.69, 9.17) is 0 Å². The fourth-order valence-electron chi connectivity index (χ4n) is 3.09. The van der Waals surface area contributed by atoms with Crippen LogP contribution in [0.4, 0.5) is 0 Å². The highest BCUT2D eigenvalue weighted by Gasteiger charge is 2.30. The maximum absolute atomic E-state index is 12.0. The van der Waals surface area contributed by atoms with Gasteiger partial charge in [-0.05, 0) is 38.5 Å². The summed E-state index contributed by atoms with van der Waals surface area (Å²) in [5.74, 6) is 1.19. The molecule has 0 radical (unpaired) electrons. The van der Waals surface area contributed by atoms with E-state index in [1.54, 1.807) is 0 Å². The Labute approximate surface area is 116 Å². The third kappa shape index (κ3) is 3.48. The molecule has 0 spiro atoms. The summed E-state index contributed by atoms with van der Waals surface area (Å²) < 4.78 is 0. The van der Waals surface area contributed by atoms with Crippen molar-refractivity contribution in [1.29, 1.82) is 0 Å². The summed E-state index contributed by atoms with van der Waals surface area (Å²) in [6.07, 6.45) is 6.64. The number of nitrogens with zero attached hydrogens (tertiary/aromatic N) is 2. The molecular weight excluding hydrogens is 238 g/mol. The molecule has 3 rings (SSSR count). The van der Waals surface area contributed by atoms with Crippen molar-refractivity contribution in [1.82, 2.24) is 15.1 Å². The normalized spacial score (nSPS) is 27.8. The van der Waals surface area contributed by atoms with E-state index in [2.05, 4.69) is 22.0 Å². The van der Waals surface area contributed by atoms with Crippen molar-refractivity contribution in [3.05, 3.63) is 0 Å². The van der Waals surface area contributed by atoms with Gasteiger partial charge in [-0.15, -0.1) is 0 Å². The smallest absolute Gasteiger partial charge is 0.237 e. The second-order valence-electron chi connectivity index (χ2n) is 6.59. The van der Waals surface area contributed by atoms with Crippen LogP contribution < -0.4 is 5.32 Å². The van der Waals surface area contributed by atoms with Gasteiger partial charge in [0.15, 0.2) is 0 Å². The number of nitrogens with one attached hydrogen (secondary N) is 1. The summed E-state index contributed by atoms with van der Waals surface area (Å²) in [6, 6.07) is 0.529. The van der Waals surface area contributed by atoms with Crippen LogP contribution in [-0.2, 0) is 4.79 Å². The Hall–Kier alpha value is -0.610. The fourth-order valence-corrected chi connectivity index (χ4v) is 3.09. The Morgan fingerprint density at radius 1 is 1.16 bits per heavy atom. The van der Waals surface area contributed by atoms with Gasteiger partial charge in [-0.3, -0.25) is 9.69 Å². The van der Waals surface area contributed by atoms with Crippen LogP contribution in [0.5, 0.6) is 0 Å². The van der Waals surface area contributed by atoms with Crippen molar-refractivity contribution in [2.24, 2.45) is 5.92 Å². The average Bonchev–Trinajstić information content (AvgIpc) is 3.17. The van der Waals surface area contributed by atoms with Gasteiger partial charge >= 0.3 is 0 Å². The number of hydrogen-bond acceptors (Lipinski definition) is 3. The number of piperazine rings is 1. The summed E-state index contributed by atoms with van der Waals surface area (Å²) in [7, 11) is 0. The van der Waals surface area contributed by atoms with E-state index in [1.165, 1.54) is 38.6 Å². The minimum absolute atomic E-state index is 0.0476. The summed E-state index contributed by atoms with van der Waals surface area (Å²) in [6.45, 7) is 7.71. The first-order valence-electron chi connectivity index (χ1n) is 7.99. The minimum atomic E-state index is 0.0476. The summed E-state index contributed by atoms with van der Waals surface area (Å²) in [4.78, 5) is 17.0. The molecule has 3 fully saturated rings. The molecule has 0 unspecified atom stereocenters. The zero-order chi connectivity index (χ0) is 13.2. The van der Waals surface area contributed by atoms with Gasteiger partial charge in [-0.2, -0.15) is 0 Å². The van der Waals surface area contributed by atoms with E-state index in [1.807, 2.05) is 0 Å². The van der Waals surface area contributed by atoms with Gasteiger partial charge < -0.3 is 10.2 Å². The molecule has 1 saturated heterocycles. The molecule has 0 aromatic rings. The monoisotopic (exact) mass is 265 g/mol. The molecule has 1 heterocycles. The van der Waals surface area contributed by atoms with E-state index >= 15 is 0 Å². The number of rotatable bonds is 5. The van der Waals surface area contributed by atoms with E-state index in [9.17, 15) is 4.79 Å². The second kappa shape index (κ2) is 5.80. The lowest BCUT2D eigenvalue weighted by Crippen LogP contribution is -2.54. The van der Waals surface area contributed by atoms with E-state index in [0.717, 1.165) is 32.1 Å². The number of amides is 1. The molecule has 1 atom stereocenters. The van der Waals surface area contributed by atoms with E-state index in [0.29, 0.717) is 6.04 Å². The number of carbonyl (C=O) groups is 1. The highest BCUT2D eigenvalue weighted by Crippen LogP contribution is 2.27. The van der Waals surface area contributed by atoms with Gasteiger partial charge in [0.05, 0.1) is 6.04 Å². The van der Waals surface area contributed by atoms with Crippen molar-refractivity contribution in [3.63, 3.8) is 0 Å². The van der Waals surface area contributed by atoms with Crippen molar-refractivity contribution in [2.75, 3.05) is 32.7 Å².